The molecule has 6 nitrogen and oxygen atoms in total. The lowest BCUT2D eigenvalue weighted by Crippen LogP contribution is -2.45. The number of hydrogen-bond donors (Lipinski definition) is 1. The topological polar surface area (TPSA) is 81.8 Å². The predicted molar refractivity (Wildman–Crippen MR) is 98.0 cm³/mol. The van der Waals surface area contributed by atoms with Gasteiger partial charge >= 0.3 is 0 Å². The highest BCUT2D eigenvalue weighted by Gasteiger charge is 2.46. The van der Waals surface area contributed by atoms with Crippen molar-refractivity contribution in [1.29, 1.82) is 0 Å². The molecule has 1 aromatic carbocycles. The number of phenolic OH excluding ortho intramolecular Hbond substituents is 1. The largest absolute Gasteiger partial charge is 0.508 e. The number of fused-ring (bicyclic) bond motifs is 3. The van der Waals surface area contributed by atoms with Crippen molar-refractivity contribution >= 4 is 0 Å². The van der Waals surface area contributed by atoms with Crippen LogP contribution < -0.4 is 4.74 Å². The van der Waals surface area contributed by atoms with Crippen molar-refractivity contribution in [1.82, 2.24) is 0 Å². The standard InChI is InChI=1S/C20H27NO5/c1-12-6-7-15-14(8-12)18-16(22)9-13(10-17(18)26-20(15,4)5)19(2,3)11-25-21(23)24/h6,9-10,14-15,22H,7-8,11H2,1-5H3/t14-,15-/m1/s1. The van der Waals surface area contributed by atoms with Gasteiger partial charge in [0, 0.05) is 22.8 Å². The number of rotatable bonds is 4. The van der Waals surface area contributed by atoms with E-state index in [1.165, 1.54) is 5.57 Å². The van der Waals surface area contributed by atoms with Gasteiger partial charge in [-0.05, 0) is 51.3 Å². The fourth-order valence-corrected chi connectivity index (χ4v) is 4.25. The zero-order valence-electron chi connectivity index (χ0n) is 16.0. The van der Waals surface area contributed by atoms with E-state index in [0.717, 1.165) is 24.0 Å². The Bertz CT molecular complexity index is 766. The molecule has 142 valence electrons. The van der Waals surface area contributed by atoms with Gasteiger partial charge in [-0.1, -0.05) is 25.5 Å². The Balaban J connectivity index is 2.03. The molecule has 26 heavy (non-hydrogen) atoms. The summed E-state index contributed by atoms with van der Waals surface area (Å²) in [5.41, 5.74) is 1.97. The van der Waals surface area contributed by atoms with E-state index in [0.29, 0.717) is 11.7 Å². The smallest absolute Gasteiger partial charge is 0.294 e. The second kappa shape index (κ2) is 6.18. The highest BCUT2D eigenvalue weighted by atomic mass is 16.9. The monoisotopic (exact) mass is 361 g/mol. The van der Waals surface area contributed by atoms with Crippen LogP contribution in [0.4, 0.5) is 0 Å². The molecule has 1 aliphatic heterocycles. The summed E-state index contributed by atoms with van der Waals surface area (Å²) >= 11 is 0. The van der Waals surface area contributed by atoms with E-state index in [9.17, 15) is 15.2 Å². The van der Waals surface area contributed by atoms with Crippen LogP contribution in [-0.2, 0) is 10.3 Å². The number of ether oxygens (including phenoxy) is 1. The van der Waals surface area contributed by atoms with Crippen molar-refractivity contribution in [2.75, 3.05) is 6.61 Å². The lowest BCUT2D eigenvalue weighted by Gasteiger charge is -2.47. The van der Waals surface area contributed by atoms with Crippen LogP contribution in [0, 0.1) is 16.0 Å². The van der Waals surface area contributed by atoms with Crippen LogP contribution >= 0.6 is 0 Å². The highest BCUT2D eigenvalue weighted by Crippen LogP contribution is 2.54. The molecule has 2 atom stereocenters. The van der Waals surface area contributed by atoms with Gasteiger partial charge in [0.1, 0.15) is 23.7 Å². The van der Waals surface area contributed by atoms with Crippen molar-refractivity contribution in [2.45, 2.75) is 64.4 Å². The summed E-state index contributed by atoms with van der Waals surface area (Å²) in [7, 11) is 0. The van der Waals surface area contributed by atoms with E-state index < -0.39 is 10.5 Å². The maximum Gasteiger partial charge on any atom is 0.294 e. The van der Waals surface area contributed by atoms with E-state index in [4.69, 9.17) is 4.74 Å². The minimum Gasteiger partial charge on any atom is -0.508 e. The van der Waals surface area contributed by atoms with Gasteiger partial charge in [0.25, 0.3) is 5.09 Å². The quantitative estimate of drug-likeness (QED) is 0.485. The molecule has 6 heteroatoms. The Hall–Kier alpha value is -2.24. The fraction of sp³-hybridized carbons (Fsp3) is 0.600. The average Bonchev–Trinajstić information content (AvgIpc) is 2.51. The first kappa shape index (κ1) is 18.5. The summed E-state index contributed by atoms with van der Waals surface area (Å²) < 4.78 is 6.30. The second-order valence-corrected chi connectivity index (χ2v) is 8.70. The molecule has 0 unspecified atom stereocenters. The number of benzene rings is 1. The van der Waals surface area contributed by atoms with E-state index in [1.807, 2.05) is 19.9 Å². The molecule has 0 radical (unpaired) electrons. The zero-order valence-corrected chi connectivity index (χ0v) is 16.0. The van der Waals surface area contributed by atoms with E-state index in [-0.39, 0.29) is 23.9 Å². The summed E-state index contributed by atoms with van der Waals surface area (Å²) in [4.78, 5) is 15.1. The van der Waals surface area contributed by atoms with Crippen LogP contribution in [0.25, 0.3) is 0 Å². The molecule has 0 saturated heterocycles. The number of allylic oxidation sites excluding steroid dienone is 2. The molecule has 1 heterocycles. The van der Waals surface area contributed by atoms with Crippen molar-refractivity contribution < 1.29 is 19.8 Å². The maximum absolute atomic E-state index is 10.8. The van der Waals surface area contributed by atoms with Gasteiger partial charge in [-0.3, -0.25) is 0 Å². The normalized spacial score (nSPS) is 24.0. The summed E-state index contributed by atoms with van der Waals surface area (Å²) in [6.07, 6.45) is 4.11. The van der Waals surface area contributed by atoms with Crippen LogP contribution in [0.3, 0.4) is 0 Å². The van der Waals surface area contributed by atoms with Crippen LogP contribution in [0.5, 0.6) is 11.5 Å². The molecule has 1 aliphatic carbocycles. The number of aromatic hydroxyl groups is 1. The fourth-order valence-electron chi connectivity index (χ4n) is 4.25. The number of nitrogens with zero attached hydrogens (tertiary/aromatic N) is 1. The Morgan fingerprint density at radius 2 is 2.12 bits per heavy atom. The van der Waals surface area contributed by atoms with Crippen LogP contribution in [-0.4, -0.2) is 22.4 Å². The average molecular weight is 361 g/mol. The second-order valence-electron chi connectivity index (χ2n) is 8.70. The molecule has 1 N–H and O–H groups in total. The first-order valence-electron chi connectivity index (χ1n) is 9.00. The molecule has 0 aromatic heterocycles. The number of phenols is 1. The van der Waals surface area contributed by atoms with Crippen molar-refractivity contribution in [3.63, 3.8) is 0 Å². The summed E-state index contributed by atoms with van der Waals surface area (Å²) in [5.74, 6) is 1.40. The lowest BCUT2D eigenvalue weighted by molar-refractivity contribution is -0.759. The molecule has 2 aliphatic rings. The molecule has 3 rings (SSSR count). The first-order chi connectivity index (χ1) is 12.0. The van der Waals surface area contributed by atoms with Crippen molar-refractivity contribution in [2.24, 2.45) is 5.92 Å². The van der Waals surface area contributed by atoms with Crippen LogP contribution in [0.1, 0.15) is 64.5 Å². The summed E-state index contributed by atoms with van der Waals surface area (Å²) in [6.45, 7) is 9.92. The summed E-state index contributed by atoms with van der Waals surface area (Å²) in [5, 5.41) is 20.6. The molecule has 0 bridgehead atoms. The van der Waals surface area contributed by atoms with Crippen LogP contribution in [0.15, 0.2) is 23.8 Å². The Morgan fingerprint density at radius 3 is 2.77 bits per heavy atom. The molecule has 0 amide bonds. The molecule has 0 saturated carbocycles. The molecular weight excluding hydrogens is 334 g/mol. The van der Waals surface area contributed by atoms with E-state index >= 15 is 0 Å². The number of hydrogen-bond acceptors (Lipinski definition) is 5. The zero-order chi connectivity index (χ0) is 19.3. The highest BCUT2D eigenvalue weighted by molar-refractivity contribution is 5.54. The van der Waals surface area contributed by atoms with E-state index in [1.54, 1.807) is 6.07 Å². The third kappa shape index (κ3) is 3.24. The third-order valence-corrected chi connectivity index (χ3v) is 5.82. The van der Waals surface area contributed by atoms with Gasteiger partial charge in [-0.15, -0.1) is 10.1 Å². The minimum atomic E-state index is -0.790. The van der Waals surface area contributed by atoms with Crippen LogP contribution in [0.2, 0.25) is 0 Å². The third-order valence-electron chi connectivity index (χ3n) is 5.82. The van der Waals surface area contributed by atoms with Crippen molar-refractivity contribution in [3.05, 3.63) is 45.0 Å². The van der Waals surface area contributed by atoms with Gasteiger partial charge in [-0.2, -0.15) is 0 Å². The lowest BCUT2D eigenvalue weighted by atomic mass is 9.67. The van der Waals surface area contributed by atoms with Gasteiger partial charge in [0.05, 0.1) is 0 Å². The Labute approximate surface area is 153 Å². The molecule has 0 fully saturated rings. The van der Waals surface area contributed by atoms with Gasteiger partial charge in [0.15, 0.2) is 0 Å². The van der Waals surface area contributed by atoms with Gasteiger partial charge in [0.2, 0.25) is 0 Å². The predicted octanol–water partition coefficient (Wildman–Crippen LogP) is 4.49. The van der Waals surface area contributed by atoms with Crippen molar-refractivity contribution in [3.8, 4) is 11.5 Å². The van der Waals surface area contributed by atoms with Gasteiger partial charge < -0.3 is 14.7 Å². The first-order valence-corrected chi connectivity index (χ1v) is 9.00. The molecular formula is C20H27NO5. The Morgan fingerprint density at radius 1 is 1.42 bits per heavy atom. The molecule has 1 aromatic rings. The SMILES string of the molecule is CC1=CC[C@@H]2[C@@H](C1)c1c(O)cc(C(C)(C)CO[N+](=O)[O-])cc1OC2(C)C. The maximum atomic E-state index is 10.8. The molecule has 0 spiro atoms. The minimum absolute atomic E-state index is 0.0878. The summed E-state index contributed by atoms with van der Waals surface area (Å²) in [6, 6.07) is 3.61. The Kier molecular flexibility index (Phi) is 4.41. The van der Waals surface area contributed by atoms with Gasteiger partial charge in [-0.25, -0.2) is 0 Å². The van der Waals surface area contributed by atoms with E-state index in [2.05, 4.69) is 31.7 Å².